The molecule has 0 aromatic heterocycles. The van der Waals surface area contributed by atoms with Crippen molar-refractivity contribution < 1.29 is 19.7 Å². The normalized spacial score (nSPS) is 42.0. The van der Waals surface area contributed by atoms with E-state index in [1.165, 1.54) is 12.8 Å². The van der Waals surface area contributed by atoms with E-state index < -0.39 is 17.1 Å². The van der Waals surface area contributed by atoms with Crippen molar-refractivity contribution >= 4 is 5.78 Å². The molecular formula is C21H26N2O4. The number of likely N-dealkylation sites (tertiary alicyclic amines) is 1. The molecule has 6 heteroatoms. The average molecular weight is 370 g/mol. The van der Waals surface area contributed by atoms with Crippen molar-refractivity contribution in [1.29, 1.82) is 0 Å². The van der Waals surface area contributed by atoms with Crippen molar-refractivity contribution in [2.24, 2.45) is 5.92 Å². The summed E-state index contributed by atoms with van der Waals surface area (Å²) in [5.74, 6) is 1.15. The van der Waals surface area contributed by atoms with Crippen molar-refractivity contribution in [3.8, 4) is 11.5 Å². The van der Waals surface area contributed by atoms with Gasteiger partial charge in [0.15, 0.2) is 17.3 Å². The first-order chi connectivity index (χ1) is 13.0. The Morgan fingerprint density at radius 2 is 2.11 bits per heavy atom. The van der Waals surface area contributed by atoms with Crippen LogP contribution in [0.1, 0.15) is 48.0 Å². The summed E-state index contributed by atoms with van der Waals surface area (Å²) in [6.45, 7) is 1.69. The Kier molecular flexibility index (Phi) is 3.05. The van der Waals surface area contributed by atoms with Crippen LogP contribution in [0.15, 0.2) is 12.1 Å². The van der Waals surface area contributed by atoms with Gasteiger partial charge in [-0.2, -0.15) is 0 Å². The van der Waals surface area contributed by atoms with Gasteiger partial charge in [-0.1, -0.05) is 0 Å². The molecule has 5 aliphatic rings. The number of nitrogens with zero attached hydrogens (tertiary/aromatic N) is 1. The molecule has 3 fully saturated rings. The zero-order valence-electron chi connectivity index (χ0n) is 15.6. The first-order valence-electron chi connectivity index (χ1n) is 10.2. The van der Waals surface area contributed by atoms with Gasteiger partial charge in [0.25, 0.3) is 0 Å². The van der Waals surface area contributed by atoms with Gasteiger partial charge < -0.3 is 20.3 Å². The molecule has 0 unspecified atom stereocenters. The van der Waals surface area contributed by atoms with Gasteiger partial charge in [-0.3, -0.25) is 9.69 Å². The van der Waals surface area contributed by atoms with Crippen LogP contribution < -0.4 is 10.1 Å². The summed E-state index contributed by atoms with van der Waals surface area (Å²) >= 11 is 0. The average Bonchev–Trinajstić information content (AvgIpc) is 3.39. The van der Waals surface area contributed by atoms with Crippen LogP contribution in [0.5, 0.6) is 11.5 Å². The second kappa shape index (κ2) is 5.04. The Bertz CT molecular complexity index is 853. The van der Waals surface area contributed by atoms with Gasteiger partial charge in [0.05, 0.1) is 5.41 Å². The van der Waals surface area contributed by atoms with Crippen molar-refractivity contribution in [2.45, 2.75) is 61.3 Å². The fraction of sp³-hybridized carbons (Fsp3) is 0.667. The smallest absolute Gasteiger partial charge is 0.183 e. The summed E-state index contributed by atoms with van der Waals surface area (Å²) in [7, 11) is 1.92. The van der Waals surface area contributed by atoms with Crippen LogP contribution >= 0.6 is 0 Å². The fourth-order valence-electron chi connectivity index (χ4n) is 6.62. The van der Waals surface area contributed by atoms with E-state index in [0.717, 1.165) is 31.5 Å². The first kappa shape index (κ1) is 16.3. The fourth-order valence-corrected chi connectivity index (χ4v) is 6.62. The van der Waals surface area contributed by atoms with E-state index >= 15 is 0 Å². The van der Waals surface area contributed by atoms with Crippen molar-refractivity contribution in [3.63, 3.8) is 0 Å². The van der Waals surface area contributed by atoms with Gasteiger partial charge in [-0.15, -0.1) is 0 Å². The van der Waals surface area contributed by atoms with Crippen LogP contribution in [0, 0.1) is 5.92 Å². The van der Waals surface area contributed by atoms with Gasteiger partial charge in [0, 0.05) is 30.3 Å². The van der Waals surface area contributed by atoms with Gasteiger partial charge in [0.1, 0.15) is 17.7 Å². The van der Waals surface area contributed by atoms with Crippen LogP contribution in [-0.4, -0.2) is 64.8 Å². The first-order valence-corrected chi connectivity index (χ1v) is 10.2. The number of nitrogens with one attached hydrogen (secondary N) is 1. The third kappa shape index (κ3) is 1.75. The van der Waals surface area contributed by atoms with Gasteiger partial charge in [0.2, 0.25) is 0 Å². The topological polar surface area (TPSA) is 82.0 Å². The summed E-state index contributed by atoms with van der Waals surface area (Å²) in [5.41, 5.74) is -0.359. The molecule has 1 saturated heterocycles. The summed E-state index contributed by atoms with van der Waals surface area (Å²) < 4.78 is 6.31. The molecule has 5 atom stereocenters. The number of likely N-dealkylation sites (N-methyl/N-ethyl adjacent to an activating group) is 1. The third-order valence-corrected chi connectivity index (χ3v) is 7.97. The molecule has 6 nitrogen and oxygen atoms in total. The van der Waals surface area contributed by atoms with E-state index in [9.17, 15) is 15.0 Å². The molecule has 2 aliphatic heterocycles. The number of Topliss-reactive ketones (excluding diaryl/α,β-unsaturated/α-hetero) is 1. The minimum Gasteiger partial charge on any atom is -0.504 e. The predicted molar refractivity (Wildman–Crippen MR) is 98.3 cm³/mol. The Morgan fingerprint density at radius 3 is 2.85 bits per heavy atom. The molecule has 3 aliphatic carbocycles. The van der Waals surface area contributed by atoms with Crippen molar-refractivity contribution in [3.05, 3.63) is 23.3 Å². The lowest BCUT2D eigenvalue weighted by Crippen LogP contribution is -2.79. The number of piperidine rings is 1. The molecule has 1 aromatic rings. The Balaban J connectivity index is 1.60. The molecule has 0 amide bonds. The number of benzene rings is 1. The number of carbonyl (C=O) groups excluding carboxylic acids is 1. The number of aliphatic hydroxyl groups is 1. The maximum Gasteiger partial charge on any atom is 0.183 e. The number of rotatable bonds is 3. The van der Waals surface area contributed by atoms with E-state index in [4.69, 9.17) is 4.74 Å². The largest absolute Gasteiger partial charge is 0.504 e. The predicted octanol–water partition coefficient (Wildman–Crippen LogP) is 1.18. The number of phenols is 1. The summed E-state index contributed by atoms with van der Waals surface area (Å²) in [5, 5.41) is 26.0. The third-order valence-electron chi connectivity index (χ3n) is 7.97. The molecule has 144 valence electrons. The maximum absolute atomic E-state index is 13.6. The highest BCUT2D eigenvalue weighted by atomic mass is 16.5. The monoisotopic (exact) mass is 370 g/mol. The zero-order valence-corrected chi connectivity index (χ0v) is 15.6. The summed E-state index contributed by atoms with van der Waals surface area (Å²) in [6, 6.07) is 2.90. The summed E-state index contributed by atoms with van der Waals surface area (Å²) in [4.78, 5) is 15.8. The van der Waals surface area contributed by atoms with E-state index in [1.54, 1.807) is 12.1 Å². The maximum atomic E-state index is 13.6. The molecule has 2 heterocycles. The van der Waals surface area contributed by atoms with E-state index in [2.05, 4.69) is 10.2 Å². The zero-order chi connectivity index (χ0) is 18.6. The molecule has 2 bridgehead atoms. The van der Waals surface area contributed by atoms with Crippen LogP contribution in [-0.2, 0) is 5.41 Å². The van der Waals surface area contributed by atoms with E-state index in [-0.39, 0.29) is 23.7 Å². The number of phenolic OH excluding ortho intramolecular Hbond substituents is 1. The van der Waals surface area contributed by atoms with Crippen molar-refractivity contribution in [1.82, 2.24) is 10.2 Å². The standard InChI is InChI=1S/C21H26N2O4/c1-22-13-6-7-21(26)18-16(25)12-4-5-14(24)17-15(12)20(21,19(13)27-17)8-9-23(18)10-11-2-3-11/h4-5,11,13,18-19,22,24,26H,2-3,6-10H2,1H3/t13-,18+,19-,20-,21+/m0/s1. The lowest BCUT2D eigenvalue weighted by molar-refractivity contribution is -0.177. The molecule has 0 radical (unpaired) electrons. The molecule has 1 aromatic carbocycles. The Hall–Kier alpha value is -1.63. The van der Waals surface area contributed by atoms with Gasteiger partial charge in [-0.25, -0.2) is 0 Å². The number of carbonyl (C=O) groups is 1. The molecule has 27 heavy (non-hydrogen) atoms. The minimum atomic E-state index is -1.14. The molecular weight excluding hydrogens is 344 g/mol. The quantitative estimate of drug-likeness (QED) is 0.741. The molecule has 6 rings (SSSR count). The highest BCUT2D eigenvalue weighted by molar-refractivity contribution is 6.06. The molecule has 3 N–H and O–H groups in total. The second-order valence-corrected chi connectivity index (χ2v) is 9.16. The lowest BCUT2D eigenvalue weighted by atomic mass is 9.48. The van der Waals surface area contributed by atoms with Crippen LogP contribution in [0.4, 0.5) is 0 Å². The number of aromatic hydroxyl groups is 1. The highest BCUT2D eigenvalue weighted by Crippen LogP contribution is 2.65. The van der Waals surface area contributed by atoms with E-state index in [1.807, 2.05) is 7.05 Å². The second-order valence-electron chi connectivity index (χ2n) is 9.16. The van der Waals surface area contributed by atoms with Crippen LogP contribution in [0.3, 0.4) is 0 Å². The minimum absolute atomic E-state index is 0.00289. The SMILES string of the molecule is CN[C@H]1CC[C@@]2(O)[C@H]3C(=O)c4ccc(O)c5c4[C@@]2(CCN3CC2CC2)[C@H]1O5. The molecule has 1 spiro atoms. The van der Waals surface area contributed by atoms with E-state index in [0.29, 0.717) is 23.7 Å². The number of hydrogen-bond donors (Lipinski definition) is 3. The lowest BCUT2D eigenvalue weighted by Gasteiger charge is -2.63. The Morgan fingerprint density at radius 1 is 1.30 bits per heavy atom. The van der Waals surface area contributed by atoms with Crippen LogP contribution in [0.25, 0.3) is 0 Å². The Labute approximate surface area is 158 Å². The molecule has 2 saturated carbocycles. The van der Waals surface area contributed by atoms with Gasteiger partial charge in [-0.05, 0) is 57.2 Å². The van der Waals surface area contributed by atoms with Gasteiger partial charge >= 0.3 is 0 Å². The number of hydrogen-bond acceptors (Lipinski definition) is 6. The number of ether oxygens (including phenoxy) is 1. The summed E-state index contributed by atoms with van der Waals surface area (Å²) in [6.07, 6.45) is 4.27. The van der Waals surface area contributed by atoms with Crippen LogP contribution in [0.2, 0.25) is 0 Å². The number of ketones is 1. The highest BCUT2D eigenvalue weighted by Gasteiger charge is 2.74. The van der Waals surface area contributed by atoms with Crippen molar-refractivity contribution in [2.75, 3.05) is 20.1 Å².